The largest absolute Gasteiger partial charge is 0.493 e. The van der Waals surface area contributed by atoms with E-state index in [9.17, 15) is 4.79 Å². The number of rotatable bonds is 6. The Morgan fingerprint density at radius 3 is 2.40 bits per heavy atom. The first-order valence-corrected chi connectivity index (χ1v) is 12.0. The van der Waals surface area contributed by atoms with Gasteiger partial charge in [0.05, 0.1) is 25.4 Å². The maximum absolute atomic E-state index is 13.2. The lowest BCUT2D eigenvalue weighted by molar-refractivity contribution is 0.355. The van der Waals surface area contributed by atoms with Gasteiger partial charge in [-0.2, -0.15) is 0 Å². The number of hydrogen-bond acceptors (Lipinski definition) is 5. The lowest BCUT2D eigenvalue weighted by Crippen LogP contribution is -2.19. The molecular weight excluding hydrogens is 480 g/mol. The van der Waals surface area contributed by atoms with Crippen molar-refractivity contribution in [2.45, 2.75) is 9.79 Å². The molecule has 0 unspecified atom stereocenters. The highest BCUT2D eigenvalue weighted by molar-refractivity contribution is 7.99. The van der Waals surface area contributed by atoms with Crippen LogP contribution < -0.4 is 15.0 Å². The highest BCUT2D eigenvalue weighted by atomic mass is 35.5. The summed E-state index contributed by atoms with van der Waals surface area (Å²) in [6.07, 6.45) is 3.53. The maximum atomic E-state index is 13.2. The van der Waals surface area contributed by atoms with Gasteiger partial charge in [0.25, 0.3) is 5.56 Å². The Hall–Kier alpha value is -3.74. The molecule has 0 N–H and O–H groups in total. The lowest BCUT2D eigenvalue weighted by atomic mass is 10.1. The minimum absolute atomic E-state index is 0.101. The molecule has 0 amide bonds. The molecule has 0 bridgehead atoms. The Bertz CT molecular complexity index is 1580. The van der Waals surface area contributed by atoms with Gasteiger partial charge >= 0.3 is 0 Å². The summed E-state index contributed by atoms with van der Waals surface area (Å²) in [6.45, 7) is 0. The molecule has 174 valence electrons. The third-order valence-corrected chi connectivity index (χ3v) is 6.95. The Kier molecular flexibility index (Phi) is 6.49. The van der Waals surface area contributed by atoms with Crippen LogP contribution in [-0.2, 0) is 0 Å². The van der Waals surface area contributed by atoms with Crippen LogP contribution in [0.2, 0.25) is 5.02 Å². The quantitative estimate of drug-likeness (QED) is 0.254. The molecular formula is C28H21ClN2O3S. The summed E-state index contributed by atoms with van der Waals surface area (Å²) in [5.41, 5.74) is 2.93. The molecule has 7 heteroatoms. The molecule has 0 radical (unpaired) electrons. The van der Waals surface area contributed by atoms with Gasteiger partial charge in [0.1, 0.15) is 0 Å². The highest BCUT2D eigenvalue weighted by Gasteiger charge is 2.12. The zero-order valence-electron chi connectivity index (χ0n) is 19.1. The van der Waals surface area contributed by atoms with E-state index in [4.69, 9.17) is 21.1 Å². The second kappa shape index (κ2) is 9.86. The van der Waals surface area contributed by atoms with Crippen LogP contribution in [-0.4, -0.2) is 23.8 Å². The molecule has 35 heavy (non-hydrogen) atoms. The molecule has 0 atom stereocenters. The second-order valence-corrected chi connectivity index (χ2v) is 9.29. The summed E-state index contributed by atoms with van der Waals surface area (Å²) >= 11 is 7.75. The van der Waals surface area contributed by atoms with E-state index in [-0.39, 0.29) is 5.56 Å². The first-order valence-electron chi connectivity index (χ1n) is 10.8. The molecule has 5 aromatic rings. The second-order valence-electron chi connectivity index (χ2n) is 7.74. The predicted molar refractivity (Wildman–Crippen MR) is 141 cm³/mol. The number of hydrogen-bond donors (Lipinski definition) is 0. The Morgan fingerprint density at radius 2 is 1.66 bits per heavy atom. The fourth-order valence-electron chi connectivity index (χ4n) is 3.91. The summed E-state index contributed by atoms with van der Waals surface area (Å²) < 4.78 is 12.5. The molecule has 0 aliphatic carbocycles. The molecule has 0 aliphatic heterocycles. The predicted octanol–water partition coefficient (Wildman–Crippen LogP) is 6.87. The number of ether oxygens (including phenoxy) is 2. The first kappa shape index (κ1) is 23.0. The summed E-state index contributed by atoms with van der Waals surface area (Å²) in [6, 6.07) is 24.7. The van der Waals surface area contributed by atoms with E-state index in [1.807, 2.05) is 66.7 Å². The van der Waals surface area contributed by atoms with E-state index in [1.54, 1.807) is 55.1 Å². The number of pyridine rings is 2. The monoisotopic (exact) mass is 500 g/mol. The summed E-state index contributed by atoms with van der Waals surface area (Å²) in [5, 5.41) is 1.56. The SMILES string of the molecule is COc1cc2nccc(Sc3ccc(-c4cccn(-c5cccc(Cl)c5)c4=O)cc3)c2cc1OC. The van der Waals surface area contributed by atoms with Crippen molar-refractivity contribution < 1.29 is 9.47 Å². The molecule has 2 heterocycles. The van der Waals surface area contributed by atoms with E-state index in [2.05, 4.69) is 4.98 Å². The van der Waals surface area contributed by atoms with Crippen LogP contribution in [0.5, 0.6) is 11.5 Å². The van der Waals surface area contributed by atoms with Crippen LogP contribution in [0.15, 0.2) is 106 Å². The van der Waals surface area contributed by atoms with Crippen LogP contribution in [0.3, 0.4) is 0 Å². The number of aromatic nitrogens is 2. The Labute approximate surface area is 211 Å². The van der Waals surface area contributed by atoms with Gasteiger partial charge in [0.2, 0.25) is 0 Å². The van der Waals surface area contributed by atoms with E-state index in [1.165, 1.54) is 0 Å². The smallest absolute Gasteiger partial charge is 0.262 e. The summed E-state index contributed by atoms with van der Waals surface area (Å²) in [5.74, 6) is 1.30. The fraction of sp³-hybridized carbons (Fsp3) is 0.0714. The van der Waals surface area contributed by atoms with Crippen molar-refractivity contribution in [2.75, 3.05) is 14.2 Å². The minimum atomic E-state index is -0.101. The van der Waals surface area contributed by atoms with E-state index in [0.717, 1.165) is 31.9 Å². The Balaban J connectivity index is 1.46. The molecule has 5 rings (SSSR count). The van der Waals surface area contributed by atoms with Gasteiger partial charge < -0.3 is 9.47 Å². The van der Waals surface area contributed by atoms with Crippen LogP contribution in [0.4, 0.5) is 0 Å². The van der Waals surface area contributed by atoms with Gasteiger partial charge in [0.15, 0.2) is 11.5 Å². The standard InChI is InChI=1S/C28H21ClN2O3S/c1-33-25-16-23-24(17-26(25)34-2)30-13-12-27(23)35-21-10-8-18(9-11-21)22-7-4-14-31(28(22)32)20-6-3-5-19(29)15-20/h3-17H,1-2H3. The van der Waals surface area contributed by atoms with E-state index >= 15 is 0 Å². The highest BCUT2D eigenvalue weighted by Crippen LogP contribution is 2.38. The van der Waals surface area contributed by atoms with Crippen molar-refractivity contribution in [1.82, 2.24) is 9.55 Å². The molecule has 0 saturated heterocycles. The van der Waals surface area contributed by atoms with E-state index < -0.39 is 0 Å². The number of fused-ring (bicyclic) bond motifs is 1. The van der Waals surface area contributed by atoms with Crippen LogP contribution in [0, 0.1) is 0 Å². The van der Waals surface area contributed by atoms with Gasteiger partial charge in [-0.15, -0.1) is 0 Å². The third kappa shape index (κ3) is 4.63. The Morgan fingerprint density at radius 1 is 0.886 bits per heavy atom. The zero-order chi connectivity index (χ0) is 24.4. The van der Waals surface area contributed by atoms with Gasteiger partial charge in [-0.05, 0) is 60.2 Å². The van der Waals surface area contributed by atoms with Crippen LogP contribution >= 0.6 is 23.4 Å². The zero-order valence-corrected chi connectivity index (χ0v) is 20.6. The maximum Gasteiger partial charge on any atom is 0.262 e. The lowest BCUT2D eigenvalue weighted by Gasteiger charge is -2.12. The topological polar surface area (TPSA) is 53.4 Å². The molecule has 0 aliphatic rings. The number of benzene rings is 3. The number of halogens is 1. The molecule has 0 saturated carbocycles. The molecule has 0 fully saturated rings. The molecule has 0 spiro atoms. The van der Waals surface area contributed by atoms with Crippen molar-refractivity contribution >= 4 is 34.3 Å². The summed E-state index contributed by atoms with van der Waals surface area (Å²) in [7, 11) is 3.23. The average molecular weight is 501 g/mol. The van der Waals surface area contributed by atoms with Gasteiger partial charge in [0, 0.05) is 44.2 Å². The van der Waals surface area contributed by atoms with E-state index in [0.29, 0.717) is 22.1 Å². The van der Waals surface area contributed by atoms with Gasteiger partial charge in [-0.3, -0.25) is 14.3 Å². The van der Waals surface area contributed by atoms with Crippen molar-refractivity contribution in [3.63, 3.8) is 0 Å². The van der Waals surface area contributed by atoms with Crippen LogP contribution in [0.25, 0.3) is 27.7 Å². The average Bonchev–Trinajstić information content (AvgIpc) is 2.89. The van der Waals surface area contributed by atoms with Crippen molar-refractivity contribution in [3.05, 3.63) is 107 Å². The molecule has 2 aromatic heterocycles. The first-order chi connectivity index (χ1) is 17.1. The van der Waals surface area contributed by atoms with Gasteiger partial charge in [-0.1, -0.05) is 41.6 Å². The molecule has 3 aromatic carbocycles. The minimum Gasteiger partial charge on any atom is -0.493 e. The number of nitrogens with zero attached hydrogens (tertiary/aromatic N) is 2. The summed E-state index contributed by atoms with van der Waals surface area (Å²) in [4.78, 5) is 19.8. The van der Waals surface area contributed by atoms with Crippen LogP contribution in [0.1, 0.15) is 0 Å². The van der Waals surface area contributed by atoms with Crippen molar-refractivity contribution in [1.29, 1.82) is 0 Å². The normalized spacial score (nSPS) is 10.9. The fourth-order valence-corrected chi connectivity index (χ4v) is 5.02. The third-order valence-electron chi connectivity index (χ3n) is 5.63. The van der Waals surface area contributed by atoms with Crippen molar-refractivity contribution in [3.8, 4) is 28.3 Å². The van der Waals surface area contributed by atoms with Crippen molar-refractivity contribution in [2.24, 2.45) is 0 Å². The molecule has 5 nitrogen and oxygen atoms in total. The van der Waals surface area contributed by atoms with Gasteiger partial charge in [-0.25, -0.2) is 0 Å². The number of methoxy groups -OCH3 is 2.